The number of hydrogen-bond acceptors (Lipinski definition) is 6. The zero-order valence-electron chi connectivity index (χ0n) is 18.8. The van der Waals surface area contributed by atoms with E-state index < -0.39 is 0 Å². The highest BCUT2D eigenvalue weighted by molar-refractivity contribution is 6.31. The highest BCUT2D eigenvalue weighted by Crippen LogP contribution is 2.38. The molecule has 0 atom stereocenters. The van der Waals surface area contributed by atoms with Crippen molar-refractivity contribution in [3.05, 3.63) is 53.2 Å². The van der Waals surface area contributed by atoms with Crippen LogP contribution in [0.3, 0.4) is 0 Å². The fraction of sp³-hybridized carbons (Fsp3) is 0.348. The monoisotopic (exact) mass is 501 g/mol. The van der Waals surface area contributed by atoms with E-state index >= 15 is 0 Å². The summed E-state index contributed by atoms with van der Waals surface area (Å²) in [5, 5.41) is 8.85. The van der Waals surface area contributed by atoms with Crippen LogP contribution >= 0.6 is 36.4 Å². The predicted molar refractivity (Wildman–Crippen MR) is 137 cm³/mol. The summed E-state index contributed by atoms with van der Waals surface area (Å²) in [4.78, 5) is 4.40. The third-order valence-electron chi connectivity index (χ3n) is 4.92. The molecule has 0 saturated carbocycles. The molecule has 1 heterocycles. The highest BCUT2D eigenvalue weighted by Gasteiger charge is 2.19. The summed E-state index contributed by atoms with van der Waals surface area (Å²) in [6, 6.07) is 11.6. The number of nitrogens with one attached hydrogen (secondary N) is 2. The summed E-state index contributed by atoms with van der Waals surface area (Å²) in [7, 11) is 4.84. The van der Waals surface area contributed by atoms with Crippen LogP contribution in [0.4, 0.5) is 5.69 Å². The Hall–Kier alpha value is -2.12. The van der Waals surface area contributed by atoms with Gasteiger partial charge in [0.25, 0.3) is 0 Å². The predicted octanol–water partition coefficient (Wildman–Crippen LogP) is 5.74. The van der Waals surface area contributed by atoms with Gasteiger partial charge in [-0.3, -0.25) is 4.98 Å². The summed E-state index contributed by atoms with van der Waals surface area (Å²) >= 11 is 6.09. The van der Waals surface area contributed by atoms with E-state index in [9.17, 15) is 0 Å². The quantitative estimate of drug-likeness (QED) is 0.389. The van der Waals surface area contributed by atoms with Gasteiger partial charge < -0.3 is 24.8 Å². The number of rotatable bonds is 9. The van der Waals surface area contributed by atoms with Crippen molar-refractivity contribution in [3.63, 3.8) is 0 Å². The first-order valence-electron chi connectivity index (χ1n) is 9.69. The number of ether oxygens (including phenoxy) is 3. The summed E-state index contributed by atoms with van der Waals surface area (Å²) < 4.78 is 16.3. The molecule has 0 spiro atoms. The highest BCUT2D eigenvalue weighted by atomic mass is 35.5. The van der Waals surface area contributed by atoms with Crippen LogP contribution in [-0.4, -0.2) is 38.4 Å². The number of fused-ring (bicyclic) bond motifs is 1. The van der Waals surface area contributed by atoms with Gasteiger partial charge in [0.15, 0.2) is 11.5 Å². The van der Waals surface area contributed by atoms with Crippen molar-refractivity contribution in [2.75, 3.05) is 33.2 Å². The Labute approximate surface area is 206 Å². The zero-order chi connectivity index (χ0) is 21.7. The third kappa shape index (κ3) is 6.69. The first-order valence-corrected chi connectivity index (χ1v) is 10.1. The van der Waals surface area contributed by atoms with Crippen molar-refractivity contribution in [2.24, 2.45) is 0 Å². The van der Waals surface area contributed by atoms with Crippen molar-refractivity contribution in [1.29, 1.82) is 0 Å². The normalized spacial score (nSPS) is 10.7. The number of aromatic nitrogens is 1. The van der Waals surface area contributed by atoms with Gasteiger partial charge in [0, 0.05) is 40.9 Å². The second-order valence-electron chi connectivity index (χ2n) is 7.64. The molecule has 0 fully saturated rings. The lowest BCUT2D eigenvalue weighted by atomic mass is 10.0. The van der Waals surface area contributed by atoms with Gasteiger partial charge in [-0.2, -0.15) is 0 Å². The molecule has 0 aliphatic heterocycles. The van der Waals surface area contributed by atoms with Gasteiger partial charge in [-0.25, -0.2) is 0 Å². The van der Waals surface area contributed by atoms with Crippen LogP contribution in [0.5, 0.6) is 17.2 Å². The van der Waals surface area contributed by atoms with Crippen LogP contribution < -0.4 is 24.8 Å². The molecule has 0 amide bonds. The number of halogens is 3. The first kappa shape index (κ1) is 27.9. The smallest absolute Gasteiger partial charge is 0.203 e. The van der Waals surface area contributed by atoms with Crippen molar-refractivity contribution in [2.45, 2.75) is 25.9 Å². The maximum Gasteiger partial charge on any atom is 0.203 e. The van der Waals surface area contributed by atoms with E-state index in [4.69, 9.17) is 25.8 Å². The molecule has 0 saturated heterocycles. The molecule has 0 aliphatic rings. The Bertz CT molecular complexity index is 1010. The van der Waals surface area contributed by atoms with Crippen LogP contribution in [0.1, 0.15) is 19.4 Å². The van der Waals surface area contributed by atoms with E-state index in [0.29, 0.717) is 28.8 Å². The van der Waals surface area contributed by atoms with Gasteiger partial charge in [-0.05, 0) is 55.8 Å². The van der Waals surface area contributed by atoms with Gasteiger partial charge >= 0.3 is 0 Å². The molecule has 0 aliphatic carbocycles. The van der Waals surface area contributed by atoms with Crippen LogP contribution in [0.2, 0.25) is 5.02 Å². The number of nitrogens with zero attached hydrogens (tertiary/aromatic N) is 1. The van der Waals surface area contributed by atoms with E-state index in [0.717, 1.165) is 28.7 Å². The molecule has 0 unspecified atom stereocenters. The molecule has 2 N–H and O–H groups in total. The minimum absolute atomic E-state index is 0. The Balaban J connectivity index is 0.00000256. The summed E-state index contributed by atoms with van der Waals surface area (Å²) in [6.07, 6.45) is 1.79. The number of pyridine rings is 1. The maximum absolute atomic E-state index is 6.09. The molecule has 0 bridgehead atoms. The Morgan fingerprint density at radius 3 is 2.19 bits per heavy atom. The first-order chi connectivity index (χ1) is 14.4. The van der Waals surface area contributed by atoms with E-state index in [1.807, 2.05) is 36.4 Å². The molecule has 176 valence electrons. The summed E-state index contributed by atoms with van der Waals surface area (Å²) in [6.45, 7) is 5.67. The Kier molecular flexibility index (Phi) is 10.6. The van der Waals surface area contributed by atoms with E-state index in [1.165, 1.54) is 0 Å². The number of methoxy groups -OCH3 is 3. The molecular formula is C23H30Cl3N3O3. The van der Waals surface area contributed by atoms with Crippen LogP contribution in [-0.2, 0) is 6.54 Å². The molecule has 3 aromatic rings. The standard InChI is InChI=1S/C23H28ClN3O3.2ClH/c1-23(2,14-26-18-8-9-25-19-12-16(24)6-7-17(18)19)27-13-15-10-20(28-3)22(30-5)21(11-15)29-4;;/h6-12,27H,13-14H2,1-5H3,(H,25,26);2*1H. The largest absolute Gasteiger partial charge is 0.493 e. The molecular weight excluding hydrogens is 473 g/mol. The van der Waals surface area contributed by atoms with Crippen LogP contribution in [0.25, 0.3) is 10.9 Å². The van der Waals surface area contributed by atoms with Crippen LogP contribution in [0.15, 0.2) is 42.6 Å². The van der Waals surface area contributed by atoms with Gasteiger partial charge in [0.1, 0.15) is 0 Å². The Morgan fingerprint density at radius 2 is 1.59 bits per heavy atom. The lowest BCUT2D eigenvalue weighted by molar-refractivity contribution is 0.323. The molecule has 3 rings (SSSR count). The molecule has 2 aromatic carbocycles. The van der Waals surface area contributed by atoms with Gasteiger partial charge in [-0.1, -0.05) is 11.6 Å². The fourth-order valence-corrected chi connectivity index (χ4v) is 3.40. The van der Waals surface area contributed by atoms with Gasteiger partial charge in [-0.15, -0.1) is 24.8 Å². The molecule has 9 heteroatoms. The summed E-state index contributed by atoms with van der Waals surface area (Å²) in [5.74, 6) is 1.88. The van der Waals surface area contributed by atoms with Crippen molar-refractivity contribution >= 4 is 53.0 Å². The van der Waals surface area contributed by atoms with Crippen molar-refractivity contribution < 1.29 is 14.2 Å². The van der Waals surface area contributed by atoms with Gasteiger partial charge in [0.05, 0.1) is 26.8 Å². The molecule has 0 radical (unpaired) electrons. The minimum Gasteiger partial charge on any atom is -0.493 e. The van der Waals surface area contributed by atoms with E-state index in [1.54, 1.807) is 27.5 Å². The minimum atomic E-state index is -0.178. The maximum atomic E-state index is 6.09. The second kappa shape index (κ2) is 12.2. The van der Waals surface area contributed by atoms with Crippen molar-refractivity contribution in [3.8, 4) is 17.2 Å². The number of hydrogen-bond donors (Lipinski definition) is 2. The number of benzene rings is 2. The summed E-state index contributed by atoms with van der Waals surface area (Å²) in [5.41, 5.74) is 2.76. The van der Waals surface area contributed by atoms with Gasteiger partial charge in [0.2, 0.25) is 5.75 Å². The molecule has 1 aromatic heterocycles. The topological polar surface area (TPSA) is 64.6 Å². The molecule has 32 heavy (non-hydrogen) atoms. The van der Waals surface area contributed by atoms with Crippen molar-refractivity contribution in [1.82, 2.24) is 10.3 Å². The fourth-order valence-electron chi connectivity index (χ4n) is 3.23. The SMILES string of the molecule is COc1cc(CNC(C)(C)CNc2ccnc3cc(Cl)ccc23)cc(OC)c1OC.Cl.Cl. The average molecular weight is 503 g/mol. The van der Waals surface area contributed by atoms with Crippen LogP contribution in [0, 0.1) is 0 Å². The lowest BCUT2D eigenvalue weighted by Gasteiger charge is -2.28. The third-order valence-corrected chi connectivity index (χ3v) is 5.16. The average Bonchev–Trinajstić information content (AvgIpc) is 2.75. The number of anilines is 1. The Morgan fingerprint density at radius 1 is 0.938 bits per heavy atom. The van der Waals surface area contributed by atoms with E-state index in [-0.39, 0.29) is 30.4 Å². The molecule has 6 nitrogen and oxygen atoms in total. The zero-order valence-corrected chi connectivity index (χ0v) is 21.2. The van der Waals surface area contributed by atoms with E-state index in [2.05, 4.69) is 29.5 Å². The lowest BCUT2D eigenvalue weighted by Crippen LogP contribution is -2.44. The second-order valence-corrected chi connectivity index (χ2v) is 8.08.